The van der Waals surface area contributed by atoms with Gasteiger partial charge in [-0.05, 0) is 73.7 Å². The maximum Gasteiger partial charge on any atom is 0.248 e. The number of sulfonamides is 1. The van der Waals surface area contributed by atoms with Crippen LogP contribution in [0.2, 0.25) is 0 Å². The number of carbonyl (C=O) groups excluding carboxylic acids is 1. The Bertz CT molecular complexity index is 1020. The largest absolute Gasteiger partial charge is 0.382 e. The number of rotatable bonds is 8. The molecule has 2 saturated carbocycles. The van der Waals surface area contributed by atoms with Crippen LogP contribution in [0.3, 0.4) is 0 Å². The fraction of sp³-hybridized carbons (Fsp3) is 0.375. The standard InChI is InChI=1S/C24H29N3O3S/c28-24(26-21-11-9-20(10-12-21)25-19-4-2-1-3-5-19)17-8-18-6-15-23(16-7-18)31(29,30)27-22-13-14-22/h6-12,15-17,19,22,25,27H,1-5,13-14H2,(H,26,28)/b17-8+. The molecule has 7 heteroatoms. The van der Waals surface area contributed by atoms with Crippen molar-refractivity contribution < 1.29 is 13.2 Å². The zero-order valence-electron chi connectivity index (χ0n) is 17.5. The van der Waals surface area contributed by atoms with Crippen LogP contribution in [0.1, 0.15) is 50.5 Å². The van der Waals surface area contributed by atoms with Crippen molar-refractivity contribution in [1.29, 1.82) is 0 Å². The van der Waals surface area contributed by atoms with Crippen LogP contribution in [0.25, 0.3) is 6.08 Å². The molecule has 2 aromatic carbocycles. The highest BCUT2D eigenvalue weighted by Gasteiger charge is 2.27. The Morgan fingerprint density at radius 1 is 0.806 bits per heavy atom. The summed E-state index contributed by atoms with van der Waals surface area (Å²) in [7, 11) is -3.46. The van der Waals surface area contributed by atoms with Crippen molar-refractivity contribution >= 4 is 33.4 Å². The topological polar surface area (TPSA) is 87.3 Å². The van der Waals surface area contributed by atoms with E-state index in [0.717, 1.165) is 29.8 Å². The van der Waals surface area contributed by atoms with Gasteiger partial charge >= 0.3 is 0 Å². The van der Waals surface area contributed by atoms with Crippen molar-refractivity contribution in [3.63, 3.8) is 0 Å². The molecule has 164 valence electrons. The third kappa shape index (κ3) is 6.42. The highest BCUT2D eigenvalue weighted by atomic mass is 32.2. The average molecular weight is 440 g/mol. The normalized spacial score (nSPS) is 17.5. The van der Waals surface area contributed by atoms with Gasteiger partial charge in [0.15, 0.2) is 0 Å². The molecule has 0 aliphatic heterocycles. The van der Waals surface area contributed by atoms with Crippen LogP contribution in [0.15, 0.2) is 59.5 Å². The van der Waals surface area contributed by atoms with Crippen LogP contribution in [-0.4, -0.2) is 26.4 Å². The highest BCUT2D eigenvalue weighted by molar-refractivity contribution is 7.89. The molecule has 0 heterocycles. The van der Waals surface area contributed by atoms with Crippen LogP contribution in [-0.2, 0) is 14.8 Å². The molecular weight excluding hydrogens is 410 g/mol. The molecule has 3 N–H and O–H groups in total. The van der Waals surface area contributed by atoms with Crippen LogP contribution in [0.5, 0.6) is 0 Å². The van der Waals surface area contributed by atoms with Gasteiger partial charge in [0.2, 0.25) is 15.9 Å². The fourth-order valence-electron chi connectivity index (χ4n) is 3.73. The molecule has 0 aromatic heterocycles. The third-order valence-electron chi connectivity index (χ3n) is 5.65. The first kappa shape index (κ1) is 21.6. The summed E-state index contributed by atoms with van der Waals surface area (Å²) in [6.45, 7) is 0. The Hall–Kier alpha value is -2.64. The van der Waals surface area contributed by atoms with E-state index in [2.05, 4.69) is 15.4 Å². The molecule has 31 heavy (non-hydrogen) atoms. The second kappa shape index (κ2) is 9.66. The van der Waals surface area contributed by atoms with Gasteiger partial charge in [-0.3, -0.25) is 4.79 Å². The Kier molecular flexibility index (Phi) is 6.73. The summed E-state index contributed by atoms with van der Waals surface area (Å²) in [4.78, 5) is 12.5. The second-order valence-corrected chi connectivity index (χ2v) is 10.1. The summed E-state index contributed by atoms with van der Waals surface area (Å²) in [6.07, 6.45) is 11.2. The van der Waals surface area contributed by atoms with Gasteiger partial charge in [0, 0.05) is 29.5 Å². The fourth-order valence-corrected chi connectivity index (χ4v) is 5.04. The van der Waals surface area contributed by atoms with Crippen molar-refractivity contribution in [2.45, 2.75) is 61.9 Å². The Balaban J connectivity index is 1.28. The lowest BCUT2D eigenvalue weighted by Crippen LogP contribution is -2.25. The van der Waals surface area contributed by atoms with Crippen molar-refractivity contribution in [2.75, 3.05) is 10.6 Å². The molecule has 2 fully saturated rings. The molecule has 6 nitrogen and oxygen atoms in total. The Labute approximate surface area is 184 Å². The minimum Gasteiger partial charge on any atom is -0.382 e. The Morgan fingerprint density at radius 3 is 2.10 bits per heavy atom. The quantitative estimate of drug-likeness (QED) is 0.528. The van der Waals surface area contributed by atoms with Crippen molar-refractivity contribution in [2.24, 2.45) is 0 Å². The lowest BCUT2D eigenvalue weighted by atomic mass is 9.95. The van der Waals surface area contributed by atoms with Crippen molar-refractivity contribution in [3.05, 3.63) is 60.2 Å². The summed E-state index contributed by atoms with van der Waals surface area (Å²) in [5, 5.41) is 6.41. The maximum atomic E-state index is 12.2. The Morgan fingerprint density at radius 2 is 1.45 bits per heavy atom. The summed E-state index contributed by atoms with van der Waals surface area (Å²) in [6, 6.07) is 14.9. The zero-order chi connectivity index (χ0) is 21.7. The molecule has 0 radical (unpaired) electrons. The summed E-state index contributed by atoms with van der Waals surface area (Å²) < 4.78 is 27.1. The van der Waals surface area contributed by atoms with Crippen molar-refractivity contribution in [3.8, 4) is 0 Å². The van der Waals surface area contributed by atoms with Gasteiger partial charge in [-0.1, -0.05) is 31.4 Å². The predicted octanol–water partition coefficient (Wildman–Crippen LogP) is 4.52. The highest BCUT2D eigenvalue weighted by Crippen LogP contribution is 2.23. The van der Waals surface area contributed by atoms with Crippen molar-refractivity contribution in [1.82, 2.24) is 4.72 Å². The summed E-state index contributed by atoms with van der Waals surface area (Å²) in [5.41, 5.74) is 2.57. The second-order valence-electron chi connectivity index (χ2n) is 8.34. The van der Waals surface area contributed by atoms with E-state index in [1.807, 2.05) is 24.3 Å². The van der Waals surface area contributed by atoms with E-state index in [0.29, 0.717) is 6.04 Å². The number of anilines is 2. The van der Waals surface area contributed by atoms with Gasteiger partial charge in [-0.25, -0.2) is 13.1 Å². The first-order chi connectivity index (χ1) is 15.0. The lowest BCUT2D eigenvalue weighted by molar-refractivity contribution is -0.111. The van der Waals surface area contributed by atoms with E-state index >= 15 is 0 Å². The van der Waals surface area contributed by atoms with Gasteiger partial charge in [0.05, 0.1) is 4.90 Å². The minimum atomic E-state index is -3.46. The van der Waals surface area contributed by atoms with Gasteiger partial charge < -0.3 is 10.6 Å². The maximum absolute atomic E-state index is 12.2. The number of carbonyl (C=O) groups is 1. The molecular formula is C24H29N3O3S. The third-order valence-corrected chi connectivity index (χ3v) is 7.18. The van der Waals surface area contributed by atoms with Crippen LogP contribution in [0.4, 0.5) is 11.4 Å². The number of hydrogen-bond acceptors (Lipinski definition) is 4. The van der Waals surface area contributed by atoms with E-state index in [1.165, 1.54) is 38.2 Å². The van der Waals surface area contributed by atoms with Crippen LogP contribution in [0, 0.1) is 0 Å². The molecule has 0 bridgehead atoms. The molecule has 0 unspecified atom stereocenters. The molecule has 4 rings (SSSR count). The number of benzene rings is 2. The average Bonchev–Trinajstić information content (AvgIpc) is 3.58. The number of hydrogen-bond donors (Lipinski definition) is 3. The molecule has 0 atom stereocenters. The van der Waals surface area contributed by atoms with E-state index < -0.39 is 10.0 Å². The van der Waals surface area contributed by atoms with Gasteiger partial charge in [-0.15, -0.1) is 0 Å². The first-order valence-electron chi connectivity index (χ1n) is 11.0. The van der Waals surface area contributed by atoms with Crippen LogP contribution >= 0.6 is 0 Å². The van der Waals surface area contributed by atoms with E-state index in [1.54, 1.807) is 30.3 Å². The smallest absolute Gasteiger partial charge is 0.248 e. The molecule has 1 amide bonds. The molecule has 0 saturated heterocycles. The SMILES string of the molecule is O=C(/C=C/c1ccc(S(=O)(=O)NC2CC2)cc1)Nc1ccc(NC2CCCCC2)cc1. The predicted molar refractivity (Wildman–Crippen MR) is 124 cm³/mol. The van der Waals surface area contributed by atoms with E-state index in [4.69, 9.17) is 0 Å². The van der Waals surface area contributed by atoms with Gasteiger partial charge in [0.25, 0.3) is 0 Å². The summed E-state index contributed by atoms with van der Waals surface area (Å²) >= 11 is 0. The van der Waals surface area contributed by atoms with Gasteiger partial charge in [-0.2, -0.15) is 0 Å². The molecule has 2 aliphatic rings. The van der Waals surface area contributed by atoms with E-state index in [-0.39, 0.29) is 16.8 Å². The van der Waals surface area contributed by atoms with Crippen LogP contribution < -0.4 is 15.4 Å². The first-order valence-corrected chi connectivity index (χ1v) is 12.4. The molecule has 0 spiro atoms. The number of nitrogens with one attached hydrogen (secondary N) is 3. The minimum absolute atomic E-state index is 0.0744. The monoisotopic (exact) mass is 439 g/mol. The molecule has 2 aromatic rings. The zero-order valence-corrected chi connectivity index (χ0v) is 18.3. The lowest BCUT2D eigenvalue weighted by Gasteiger charge is -2.23. The van der Waals surface area contributed by atoms with E-state index in [9.17, 15) is 13.2 Å². The van der Waals surface area contributed by atoms with Gasteiger partial charge in [0.1, 0.15) is 0 Å². The number of amides is 1. The molecule has 2 aliphatic carbocycles. The summed E-state index contributed by atoms with van der Waals surface area (Å²) in [5.74, 6) is -0.236.